The molecule has 2 rings (SSSR count). The number of aryl methyl sites for hydroxylation is 1. The van der Waals surface area contributed by atoms with Gasteiger partial charge in [-0.25, -0.2) is 0 Å². The number of nitrogens with zero attached hydrogens (tertiary/aromatic N) is 3. The molecule has 1 atom stereocenters. The number of nitrogens with one attached hydrogen (secondary N) is 1. The highest BCUT2D eigenvalue weighted by molar-refractivity contribution is 5.76. The van der Waals surface area contributed by atoms with Crippen molar-refractivity contribution in [2.75, 3.05) is 26.2 Å². The third kappa shape index (κ3) is 5.06. The quantitative estimate of drug-likeness (QED) is 0.802. The normalized spacial score (nSPS) is 19.5. The predicted octanol–water partition coefficient (Wildman–Crippen LogP) is 0.790. The second-order valence-corrected chi connectivity index (χ2v) is 5.84. The third-order valence-electron chi connectivity index (χ3n) is 3.80. The van der Waals surface area contributed by atoms with Crippen LogP contribution in [0.25, 0.3) is 0 Å². The molecule has 1 amide bonds. The first-order chi connectivity index (χ1) is 10.6. The first-order valence-corrected chi connectivity index (χ1v) is 8.02. The molecule has 2 heterocycles. The molecule has 1 N–H and O–H groups in total. The Labute approximate surface area is 131 Å². The number of morpholine rings is 1. The van der Waals surface area contributed by atoms with E-state index in [0.29, 0.717) is 43.8 Å². The number of amides is 1. The van der Waals surface area contributed by atoms with E-state index in [4.69, 9.17) is 9.26 Å². The molecule has 0 radical (unpaired) electrons. The standard InChI is InChI=1S/C15H26N4O3/c1-4-13-17-15(22-18-13)5-6-16-14(20)9-12-10-19(11(2)3)7-8-21-12/h11-12H,4-10H2,1-3H3,(H,16,20)/t12-/m0/s1. The molecule has 0 aromatic carbocycles. The molecule has 0 spiro atoms. The van der Waals surface area contributed by atoms with Gasteiger partial charge in [-0.1, -0.05) is 12.1 Å². The van der Waals surface area contributed by atoms with Crippen LogP contribution in [0.15, 0.2) is 4.52 Å². The van der Waals surface area contributed by atoms with Crippen molar-refractivity contribution in [1.82, 2.24) is 20.4 Å². The van der Waals surface area contributed by atoms with Gasteiger partial charge in [-0.05, 0) is 13.8 Å². The zero-order chi connectivity index (χ0) is 15.9. The lowest BCUT2D eigenvalue weighted by Gasteiger charge is -2.35. The summed E-state index contributed by atoms with van der Waals surface area (Å²) in [5.74, 6) is 1.27. The minimum atomic E-state index is -0.0220. The molecule has 0 bridgehead atoms. The summed E-state index contributed by atoms with van der Waals surface area (Å²) < 4.78 is 10.8. The number of hydrogen-bond acceptors (Lipinski definition) is 6. The largest absolute Gasteiger partial charge is 0.375 e. The Hall–Kier alpha value is -1.47. The van der Waals surface area contributed by atoms with E-state index in [1.54, 1.807) is 0 Å². The molecule has 22 heavy (non-hydrogen) atoms. The van der Waals surface area contributed by atoms with Gasteiger partial charge in [-0.3, -0.25) is 9.69 Å². The molecule has 1 aromatic heterocycles. The maximum absolute atomic E-state index is 12.0. The van der Waals surface area contributed by atoms with Crippen molar-refractivity contribution < 1.29 is 14.1 Å². The molecule has 124 valence electrons. The lowest BCUT2D eigenvalue weighted by Crippen LogP contribution is -2.47. The van der Waals surface area contributed by atoms with Gasteiger partial charge < -0.3 is 14.6 Å². The Kier molecular flexibility index (Phi) is 6.33. The van der Waals surface area contributed by atoms with Crippen LogP contribution in [0.5, 0.6) is 0 Å². The van der Waals surface area contributed by atoms with Crippen LogP contribution in [0.3, 0.4) is 0 Å². The van der Waals surface area contributed by atoms with E-state index < -0.39 is 0 Å². The summed E-state index contributed by atoms with van der Waals surface area (Å²) in [5.41, 5.74) is 0. The molecule has 0 aliphatic carbocycles. The minimum absolute atomic E-state index is 0.00540. The monoisotopic (exact) mass is 310 g/mol. The Morgan fingerprint density at radius 1 is 1.50 bits per heavy atom. The Morgan fingerprint density at radius 3 is 3.00 bits per heavy atom. The summed E-state index contributed by atoms with van der Waals surface area (Å²) in [5, 5.41) is 6.71. The lowest BCUT2D eigenvalue weighted by atomic mass is 10.1. The summed E-state index contributed by atoms with van der Waals surface area (Å²) in [4.78, 5) is 18.5. The molecule has 1 saturated heterocycles. The van der Waals surface area contributed by atoms with Crippen molar-refractivity contribution in [3.8, 4) is 0 Å². The van der Waals surface area contributed by atoms with E-state index in [0.717, 1.165) is 19.5 Å². The van der Waals surface area contributed by atoms with Crippen LogP contribution in [-0.4, -0.2) is 59.3 Å². The van der Waals surface area contributed by atoms with E-state index in [1.165, 1.54) is 0 Å². The highest BCUT2D eigenvalue weighted by Crippen LogP contribution is 2.11. The Morgan fingerprint density at radius 2 is 2.32 bits per heavy atom. The highest BCUT2D eigenvalue weighted by Gasteiger charge is 2.24. The van der Waals surface area contributed by atoms with Crippen molar-refractivity contribution in [2.45, 2.75) is 52.2 Å². The first-order valence-electron chi connectivity index (χ1n) is 8.02. The molecule has 7 heteroatoms. The number of hydrogen-bond donors (Lipinski definition) is 1. The fourth-order valence-electron chi connectivity index (χ4n) is 2.46. The van der Waals surface area contributed by atoms with Gasteiger partial charge in [-0.2, -0.15) is 4.98 Å². The number of ether oxygens (including phenoxy) is 1. The van der Waals surface area contributed by atoms with Gasteiger partial charge in [0.05, 0.1) is 19.1 Å². The van der Waals surface area contributed by atoms with Crippen molar-refractivity contribution >= 4 is 5.91 Å². The van der Waals surface area contributed by atoms with Crippen molar-refractivity contribution in [2.24, 2.45) is 0 Å². The smallest absolute Gasteiger partial charge is 0.228 e. The average molecular weight is 310 g/mol. The summed E-state index contributed by atoms with van der Waals surface area (Å²) in [6.07, 6.45) is 1.68. The summed E-state index contributed by atoms with van der Waals surface area (Å²) in [7, 11) is 0. The molecular weight excluding hydrogens is 284 g/mol. The molecule has 0 unspecified atom stereocenters. The van der Waals surface area contributed by atoms with Crippen molar-refractivity contribution in [3.63, 3.8) is 0 Å². The fraction of sp³-hybridized carbons (Fsp3) is 0.800. The highest BCUT2D eigenvalue weighted by atomic mass is 16.5. The van der Waals surface area contributed by atoms with Crippen LogP contribution in [-0.2, 0) is 22.4 Å². The minimum Gasteiger partial charge on any atom is -0.375 e. The van der Waals surface area contributed by atoms with Gasteiger partial charge in [-0.15, -0.1) is 0 Å². The maximum atomic E-state index is 12.0. The Bertz CT molecular complexity index is 475. The molecule has 1 aliphatic heterocycles. The SMILES string of the molecule is CCc1noc(CCNC(=O)C[C@H]2CN(C(C)C)CCO2)n1. The topological polar surface area (TPSA) is 80.5 Å². The number of carbonyl (C=O) groups is 1. The second kappa shape index (κ2) is 8.24. The number of rotatable bonds is 7. The number of carbonyl (C=O) groups excluding carboxylic acids is 1. The van der Waals surface area contributed by atoms with Gasteiger partial charge >= 0.3 is 0 Å². The van der Waals surface area contributed by atoms with Crippen LogP contribution < -0.4 is 5.32 Å². The van der Waals surface area contributed by atoms with Crippen molar-refractivity contribution in [3.05, 3.63) is 11.7 Å². The second-order valence-electron chi connectivity index (χ2n) is 5.84. The van der Waals surface area contributed by atoms with Gasteiger partial charge in [0.15, 0.2) is 5.82 Å². The summed E-state index contributed by atoms with van der Waals surface area (Å²) in [6.45, 7) is 9.25. The van der Waals surface area contributed by atoms with E-state index in [1.807, 2.05) is 6.92 Å². The van der Waals surface area contributed by atoms with E-state index >= 15 is 0 Å². The van der Waals surface area contributed by atoms with Gasteiger partial charge in [0.2, 0.25) is 11.8 Å². The molecule has 7 nitrogen and oxygen atoms in total. The van der Waals surface area contributed by atoms with Crippen LogP contribution in [0, 0.1) is 0 Å². The van der Waals surface area contributed by atoms with Gasteiger partial charge in [0.25, 0.3) is 0 Å². The Balaban J connectivity index is 1.67. The van der Waals surface area contributed by atoms with Crippen LogP contribution >= 0.6 is 0 Å². The van der Waals surface area contributed by atoms with Crippen LogP contribution in [0.1, 0.15) is 38.9 Å². The lowest BCUT2D eigenvalue weighted by molar-refractivity contribution is -0.126. The van der Waals surface area contributed by atoms with Gasteiger partial charge in [0, 0.05) is 38.5 Å². The molecule has 1 fully saturated rings. The van der Waals surface area contributed by atoms with E-state index in [-0.39, 0.29) is 12.0 Å². The summed E-state index contributed by atoms with van der Waals surface area (Å²) in [6, 6.07) is 0.486. The molecule has 1 aliphatic rings. The molecule has 0 saturated carbocycles. The third-order valence-corrected chi connectivity index (χ3v) is 3.80. The van der Waals surface area contributed by atoms with Crippen LogP contribution in [0.2, 0.25) is 0 Å². The predicted molar refractivity (Wildman–Crippen MR) is 81.5 cm³/mol. The zero-order valence-electron chi connectivity index (χ0n) is 13.7. The van der Waals surface area contributed by atoms with Gasteiger partial charge in [0.1, 0.15) is 0 Å². The molecule has 1 aromatic rings. The first kappa shape index (κ1) is 16.9. The van der Waals surface area contributed by atoms with Crippen LogP contribution in [0.4, 0.5) is 0 Å². The maximum Gasteiger partial charge on any atom is 0.228 e. The zero-order valence-corrected chi connectivity index (χ0v) is 13.7. The summed E-state index contributed by atoms with van der Waals surface area (Å²) >= 11 is 0. The van der Waals surface area contributed by atoms with E-state index in [2.05, 4.69) is 34.2 Å². The fourth-order valence-corrected chi connectivity index (χ4v) is 2.46. The number of aromatic nitrogens is 2. The van der Waals surface area contributed by atoms with Crippen molar-refractivity contribution in [1.29, 1.82) is 0 Å². The average Bonchev–Trinajstić information content (AvgIpc) is 2.95. The van der Waals surface area contributed by atoms with E-state index in [9.17, 15) is 4.79 Å². The molecular formula is C15H26N4O3.